The van der Waals surface area contributed by atoms with Crippen molar-refractivity contribution < 1.29 is 19.4 Å². The van der Waals surface area contributed by atoms with E-state index in [0.29, 0.717) is 29.4 Å². The first kappa shape index (κ1) is 25.3. The predicted molar refractivity (Wildman–Crippen MR) is 129 cm³/mol. The lowest BCUT2D eigenvalue weighted by atomic mass is 9.86. The van der Waals surface area contributed by atoms with Gasteiger partial charge in [0.25, 0.3) is 0 Å². The van der Waals surface area contributed by atoms with Crippen LogP contribution in [-0.2, 0) is 4.79 Å². The summed E-state index contributed by atoms with van der Waals surface area (Å²) in [6.07, 6.45) is 3.78. The van der Waals surface area contributed by atoms with Gasteiger partial charge in [-0.1, -0.05) is 18.3 Å². The Morgan fingerprint density at radius 2 is 2.03 bits per heavy atom. The maximum atomic E-state index is 12.4. The molecule has 0 saturated heterocycles. The summed E-state index contributed by atoms with van der Waals surface area (Å²) in [5.74, 6) is 6.81. The number of likely N-dealkylation sites (N-methyl/N-ethyl adjacent to an activating group) is 1. The molecule has 1 aliphatic rings. The summed E-state index contributed by atoms with van der Waals surface area (Å²) in [5.41, 5.74) is 1.86. The van der Waals surface area contributed by atoms with Gasteiger partial charge in [0, 0.05) is 24.7 Å². The van der Waals surface area contributed by atoms with Gasteiger partial charge in [-0.25, -0.2) is 9.78 Å². The topological polar surface area (TPSA) is 140 Å². The molecule has 2 aromatic rings. The van der Waals surface area contributed by atoms with Crippen molar-refractivity contribution in [3.8, 4) is 23.8 Å². The van der Waals surface area contributed by atoms with Gasteiger partial charge in [-0.3, -0.25) is 9.69 Å². The Balaban J connectivity index is 1.63. The van der Waals surface area contributed by atoms with Crippen molar-refractivity contribution in [3.05, 3.63) is 41.6 Å². The summed E-state index contributed by atoms with van der Waals surface area (Å²) in [6.45, 7) is 1.57. The van der Waals surface area contributed by atoms with Crippen LogP contribution >= 0.6 is 0 Å². The molecule has 1 heterocycles. The molecule has 3 rings (SSSR count). The summed E-state index contributed by atoms with van der Waals surface area (Å²) < 4.78 is 5.40. The van der Waals surface area contributed by atoms with Crippen LogP contribution in [0.3, 0.4) is 0 Å². The summed E-state index contributed by atoms with van der Waals surface area (Å²) in [7, 11) is 2.89. The van der Waals surface area contributed by atoms with E-state index < -0.39 is 12.1 Å². The molecule has 182 valence electrons. The number of carbonyl (C=O) groups excluding carboxylic acids is 1. The number of nitrogens with one attached hydrogen (secondary N) is 2. The number of anilines is 2. The number of methoxy groups -OCH3 is 1. The normalized spacial score (nSPS) is 17.7. The molecule has 2 amide bonds. The number of ether oxygens (including phenoxy) is 1. The quantitative estimate of drug-likeness (QED) is 0.540. The summed E-state index contributed by atoms with van der Waals surface area (Å²) >= 11 is 0. The lowest BCUT2D eigenvalue weighted by Crippen LogP contribution is -2.49. The van der Waals surface area contributed by atoms with E-state index in [0.717, 1.165) is 29.8 Å². The standard InChI is InChI=1S/C25H28N6O4/c1-16(31(2)25(33)34)22(32)28-21-6-4-5-17(13-21)7-10-19-15-27-24(30-23(19)35-3)29-20-11-8-18(14-26)9-12-20/h8-9,11-12,15-17,21H,4-6,13H2,1-3H3,(H,28,32)(H,33,34)(H,27,29,30)/t16?,17-,21-/m0/s1. The van der Waals surface area contributed by atoms with Gasteiger partial charge < -0.3 is 20.5 Å². The van der Waals surface area contributed by atoms with E-state index in [-0.39, 0.29) is 17.9 Å². The molecule has 35 heavy (non-hydrogen) atoms. The fourth-order valence-corrected chi connectivity index (χ4v) is 3.72. The van der Waals surface area contributed by atoms with Crippen molar-refractivity contribution in [2.24, 2.45) is 5.92 Å². The van der Waals surface area contributed by atoms with E-state index in [4.69, 9.17) is 15.1 Å². The number of aromatic nitrogens is 2. The highest BCUT2D eigenvalue weighted by Crippen LogP contribution is 2.25. The van der Waals surface area contributed by atoms with Crippen molar-refractivity contribution in [1.29, 1.82) is 5.26 Å². The fourth-order valence-electron chi connectivity index (χ4n) is 3.72. The van der Waals surface area contributed by atoms with Crippen LogP contribution in [0.4, 0.5) is 16.4 Å². The minimum absolute atomic E-state index is 0.0580. The van der Waals surface area contributed by atoms with Crippen LogP contribution in [0.25, 0.3) is 0 Å². The van der Waals surface area contributed by atoms with Gasteiger partial charge in [0.1, 0.15) is 11.6 Å². The van der Waals surface area contributed by atoms with Gasteiger partial charge in [0.05, 0.1) is 24.9 Å². The Morgan fingerprint density at radius 3 is 2.69 bits per heavy atom. The lowest BCUT2D eigenvalue weighted by molar-refractivity contribution is -0.125. The molecule has 1 aromatic carbocycles. The molecule has 10 nitrogen and oxygen atoms in total. The van der Waals surface area contributed by atoms with Gasteiger partial charge in [0.15, 0.2) is 0 Å². The monoisotopic (exact) mass is 476 g/mol. The maximum absolute atomic E-state index is 12.4. The third-order valence-electron chi connectivity index (χ3n) is 5.91. The second kappa shape index (κ2) is 11.7. The maximum Gasteiger partial charge on any atom is 0.407 e. The number of rotatable bonds is 6. The number of carboxylic acid groups (broad SMARTS) is 1. The third kappa shape index (κ3) is 6.84. The molecule has 0 spiro atoms. The molecule has 1 aliphatic carbocycles. The number of carbonyl (C=O) groups is 2. The molecule has 1 saturated carbocycles. The molecule has 3 N–H and O–H groups in total. The van der Waals surface area contributed by atoms with Crippen LogP contribution < -0.4 is 15.4 Å². The van der Waals surface area contributed by atoms with Crippen molar-refractivity contribution in [2.75, 3.05) is 19.5 Å². The number of amides is 2. The molecule has 1 fully saturated rings. The van der Waals surface area contributed by atoms with E-state index in [1.54, 1.807) is 37.4 Å². The first-order valence-electron chi connectivity index (χ1n) is 11.3. The lowest BCUT2D eigenvalue weighted by Gasteiger charge is -2.29. The van der Waals surface area contributed by atoms with Crippen molar-refractivity contribution in [1.82, 2.24) is 20.2 Å². The minimum atomic E-state index is -1.14. The second-order valence-electron chi connectivity index (χ2n) is 8.34. The number of hydrogen-bond donors (Lipinski definition) is 3. The van der Waals surface area contributed by atoms with Gasteiger partial charge in [0.2, 0.25) is 17.7 Å². The average molecular weight is 477 g/mol. The van der Waals surface area contributed by atoms with E-state index in [1.807, 2.05) is 0 Å². The zero-order valence-electron chi connectivity index (χ0n) is 19.9. The van der Waals surface area contributed by atoms with Crippen molar-refractivity contribution in [2.45, 2.75) is 44.7 Å². The number of nitriles is 1. The predicted octanol–water partition coefficient (Wildman–Crippen LogP) is 3.13. The number of hydrogen-bond acceptors (Lipinski definition) is 7. The zero-order chi connectivity index (χ0) is 25.4. The summed E-state index contributed by atoms with van der Waals surface area (Å²) in [5, 5.41) is 24.0. The van der Waals surface area contributed by atoms with E-state index in [9.17, 15) is 9.59 Å². The highest BCUT2D eigenvalue weighted by molar-refractivity contribution is 5.85. The SMILES string of the molecule is COc1nc(Nc2ccc(C#N)cc2)ncc1C#C[C@@H]1CCC[C@H](NC(=O)C(C)N(C)C(=O)O)C1. The second-order valence-corrected chi connectivity index (χ2v) is 8.34. The van der Waals surface area contributed by atoms with Gasteiger partial charge in [-0.05, 0) is 50.5 Å². The molecular weight excluding hydrogens is 448 g/mol. The van der Waals surface area contributed by atoms with Crippen LogP contribution in [0.1, 0.15) is 43.7 Å². The molecule has 1 unspecified atom stereocenters. The van der Waals surface area contributed by atoms with Gasteiger partial charge in [-0.15, -0.1) is 0 Å². The Hall–Kier alpha value is -4.31. The Morgan fingerprint density at radius 1 is 1.29 bits per heavy atom. The zero-order valence-corrected chi connectivity index (χ0v) is 19.9. The molecule has 0 aliphatic heterocycles. The molecule has 3 atom stereocenters. The average Bonchev–Trinajstić information content (AvgIpc) is 2.87. The highest BCUT2D eigenvalue weighted by atomic mass is 16.5. The third-order valence-corrected chi connectivity index (χ3v) is 5.91. The molecular formula is C25H28N6O4. The van der Waals surface area contributed by atoms with Crippen LogP contribution in [0.15, 0.2) is 30.5 Å². The smallest absolute Gasteiger partial charge is 0.407 e. The van der Waals surface area contributed by atoms with Crippen molar-refractivity contribution in [3.63, 3.8) is 0 Å². The summed E-state index contributed by atoms with van der Waals surface area (Å²) in [4.78, 5) is 33.2. The van der Waals surface area contributed by atoms with E-state index in [2.05, 4.69) is 38.5 Å². The van der Waals surface area contributed by atoms with Gasteiger partial charge in [-0.2, -0.15) is 10.2 Å². The van der Waals surface area contributed by atoms with Crippen LogP contribution in [-0.4, -0.2) is 58.2 Å². The summed E-state index contributed by atoms with van der Waals surface area (Å²) in [6, 6.07) is 8.17. The largest absolute Gasteiger partial charge is 0.480 e. The molecule has 0 bridgehead atoms. The van der Waals surface area contributed by atoms with Crippen LogP contribution in [0.2, 0.25) is 0 Å². The first-order chi connectivity index (χ1) is 16.8. The number of benzene rings is 1. The van der Waals surface area contributed by atoms with E-state index >= 15 is 0 Å². The first-order valence-corrected chi connectivity index (χ1v) is 11.3. The van der Waals surface area contributed by atoms with Gasteiger partial charge >= 0.3 is 6.09 Å². The fraction of sp³-hybridized carbons (Fsp3) is 0.400. The Bertz CT molecular complexity index is 1170. The van der Waals surface area contributed by atoms with Crippen LogP contribution in [0, 0.1) is 29.1 Å². The van der Waals surface area contributed by atoms with E-state index in [1.165, 1.54) is 14.2 Å². The Kier molecular flexibility index (Phi) is 8.47. The van der Waals surface area contributed by atoms with Crippen molar-refractivity contribution >= 4 is 23.6 Å². The molecule has 10 heteroatoms. The minimum Gasteiger partial charge on any atom is -0.480 e. The highest BCUT2D eigenvalue weighted by Gasteiger charge is 2.27. The molecule has 1 aromatic heterocycles. The molecule has 0 radical (unpaired) electrons. The Labute approximate surface area is 204 Å². The van der Waals surface area contributed by atoms with Crippen LogP contribution in [0.5, 0.6) is 5.88 Å². The number of nitrogens with zero attached hydrogens (tertiary/aromatic N) is 4.